The molecular weight excluding hydrogens is 230 g/mol. The van der Waals surface area contributed by atoms with Gasteiger partial charge in [0, 0.05) is 17.4 Å². The predicted molar refractivity (Wildman–Crippen MR) is 73.7 cm³/mol. The first-order valence-electron chi connectivity index (χ1n) is 6.09. The highest BCUT2D eigenvalue weighted by molar-refractivity contribution is 7.99. The van der Waals surface area contributed by atoms with Crippen molar-refractivity contribution in [1.82, 2.24) is 4.90 Å². The summed E-state index contributed by atoms with van der Waals surface area (Å²) < 4.78 is 0. The Labute approximate surface area is 107 Å². The van der Waals surface area contributed by atoms with Gasteiger partial charge in [0.15, 0.2) is 5.78 Å². The molecule has 1 aromatic carbocycles. The Kier molecular flexibility index (Phi) is 4.24. The average molecular weight is 249 g/mol. The topological polar surface area (TPSA) is 20.3 Å². The SMILES string of the molecule is CC(C(=O)c1ccccc1)N(C)C1CCSC1. The maximum absolute atomic E-state index is 12.3. The fourth-order valence-corrected chi connectivity index (χ4v) is 3.47. The Balaban J connectivity index is 2.04. The summed E-state index contributed by atoms with van der Waals surface area (Å²) in [6.45, 7) is 2.01. The summed E-state index contributed by atoms with van der Waals surface area (Å²) >= 11 is 1.98. The molecule has 1 saturated heterocycles. The van der Waals surface area contributed by atoms with Crippen LogP contribution in [0, 0.1) is 0 Å². The Morgan fingerprint density at radius 3 is 2.71 bits per heavy atom. The smallest absolute Gasteiger partial charge is 0.179 e. The first kappa shape index (κ1) is 12.7. The van der Waals surface area contributed by atoms with Crippen LogP contribution in [-0.4, -0.2) is 41.3 Å². The minimum absolute atomic E-state index is 0.0268. The van der Waals surface area contributed by atoms with Crippen molar-refractivity contribution in [2.45, 2.75) is 25.4 Å². The Bertz CT molecular complexity index is 373. The second-order valence-corrected chi connectivity index (χ2v) is 5.74. The highest BCUT2D eigenvalue weighted by Gasteiger charge is 2.27. The van der Waals surface area contributed by atoms with Gasteiger partial charge in [0.2, 0.25) is 0 Å². The van der Waals surface area contributed by atoms with E-state index in [1.165, 1.54) is 12.2 Å². The van der Waals surface area contributed by atoms with E-state index < -0.39 is 0 Å². The lowest BCUT2D eigenvalue weighted by molar-refractivity contribution is 0.0830. The highest BCUT2D eigenvalue weighted by atomic mass is 32.2. The first-order chi connectivity index (χ1) is 8.20. The fraction of sp³-hybridized carbons (Fsp3) is 0.500. The fourth-order valence-electron chi connectivity index (χ4n) is 2.19. The van der Waals surface area contributed by atoms with E-state index in [1.54, 1.807) is 0 Å². The summed E-state index contributed by atoms with van der Waals surface area (Å²) in [5, 5.41) is 0. The molecule has 0 N–H and O–H groups in total. The molecule has 1 fully saturated rings. The quantitative estimate of drug-likeness (QED) is 0.765. The molecule has 2 atom stereocenters. The zero-order valence-electron chi connectivity index (χ0n) is 10.4. The molecule has 0 amide bonds. The van der Waals surface area contributed by atoms with Gasteiger partial charge in [-0.2, -0.15) is 11.8 Å². The van der Waals surface area contributed by atoms with Gasteiger partial charge in [0.25, 0.3) is 0 Å². The zero-order chi connectivity index (χ0) is 12.3. The normalized spacial score (nSPS) is 21.7. The molecule has 17 heavy (non-hydrogen) atoms. The number of carbonyl (C=O) groups is 1. The predicted octanol–water partition coefficient (Wildman–Crippen LogP) is 2.70. The monoisotopic (exact) mass is 249 g/mol. The molecule has 1 heterocycles. The molecule has 0 bridgehead atoms. The second-order valence-electron chi connectivity index (χ2n) is 4.59. The molecule has 2 nitrogen and oxygen atoms in total. The first-order valence-corrected chi connectivity index (χ1v) is 7.24. The van der Waals surface area contributed by atoms with Crippen molar-refractivity contribution in [2.75, 3.05) is 18.6 Å². The van der Waals surface area contributed by atoms with E-state index in [2.05, 4.69) is 11.9 Å². The van der Waals surface area contributed by atoms with Crippen LogP contribution < -0.4 is 0 Å². The third-order valence-corrected chi connectivity index (χ3v) is 4.68. The van der Waals surface area contributed by atoms with Crippen molar-refractivity contribution >= 4 is 17.5 Å². The molecule has 0 aromatic heterocycles. The van der Waals surface area contributed by atoms with Gasteiger partial charge in [0.1, 0.15) is 0 Å². The number of thioether (sulfide) groups is 1. The van der Waals surface area contributed by atoms with Crippen LogP contribution in [0.3, 0.4) is 0 Å². The van der Waals surface area contributed by atoms with Crippen LogP contribution in [0.2, 0.25) is 0 Å². The average Bonchev–Trinajstić information content (AvgIpc) is 2.91. The summed E-state index contributed by atoms with van der Waals surface area (Å²) in [5.74, 6) is 2.61. The van der Waals surface area contributed by atoms with Crippen molar-refractivity contribution in [1.29, 1.82) is 0 Å². The van der Waals surface area contributed by atoms with Crippen LogP contribution in [0.4, 0.5) is 0 Å². The van der Waals surface area contributed by atoms with E-state index in [0.29, 0.717) is 6.04 Å². The highest BCUT2D eigenvalue weighted by Crippen LogP contribution is 2.23. The maximum atomic E-state index is 12.3. The molecular formula is C14H19NOS. The summed E-state index contributed by atoms with van der Waals surface area (Å²) in [5.41, 5.74) is 0.817. The van der Waals surface area contributed by atoms with Gasteiger partial charge < -0.3 is 0 Å². The minimum atomic E-state index is -0.0268. The van der Waals surface area contributed by atoms with E-state index in [1.807, 2.05) is 49.0 Å². The lowest BCUT2D eigenvalue weighted by atomic mass is 10.0. The third-order valence-electron chi connectivity index (χ3n) is 3.53. The van der Waals surface area contributed by atoms with Crippen LogP contribution in [0.1, 0.15) is 23.7 Å². The molecule has 1 aromatic rings. The van der Waals surface area contributed by atoms with Gasteiger partial charge in [-0.1, -0.05) is 30.3 Å². The van der Waals surface area contributed by atoms with Crippen LogP contribution in [0.5, 0.6) is 0 Å². The molecule has 1 aliphatic rings. The number of carbonyl (C=O) groups excluding carboxylic acids is 1. The molecule has 2 rings (SSSR count). The zero-order valence-corrected chi connectivity index (χ0v) is 11.2. The standard InChI is InChI=1S/C14H19NOS/c1-11(15(2)13-8-9-17-10-13)14(16)12-6-4-3-5-7-12/h3-7,11,13H,8-10H2,1-2H3. The molecule has 0 spiro atoms. The molecule has 0 saturated carbocycles. The summed E-state index contributed by atoms with van der Waals surface area (Å²) in [7, 11) is 2.07. The molecule has 2 unspecified atom stereocenters. The van der Waals surface area contributed by atoms with Crippen LogP contribution in [0.25, 0.3) is 0 Å². The van der Waals surface area contributed by atoms with Crippen molar-refractivity contribution in [3.63, 3.8) is 0 Å². The number of benzene rings is 1. The van der Waals surface area contributed by atoms with E-state index in [9.17, 15) is 4.79 Å². The summed E-state index contributed by atoms with van der Waals surface area (Å²) in [4.78, 5) is 14.5. The molecule has 3 heteroatoms. The number of likely N-dealkylation sites (N-methyl/N-ethyl adjacent to an activating group) is 1. The van der Waals surface area contributed by atoms with Crippen molar-refractivity contribution in [3.05, 3.63) is 35.9 Å². The van der Waals surface area contributed by atoms with Crippen LogP contribution in [-0.2, 0) is 0 Å². The van der Waals surface area contributed by atoms with E-state index >= 15 is 0 Å². The van der Waals surface area contributed by atoms with Crippen molar-refractivity contribution < 1.29 is 4.79 Å². The Morgan fingerprint density at radius 1 is 1.41 bits per heavy atom. The Hall–Kier alpha value is -0.800. The minimum Gasteiger partial charge on any atom is -0.293 e. The number of ketones is 1. The van der Waals surface area contributed by atoms with Crippen molar-refractivity contribution in [2.24, 2.45) is 0 Å². The van der Waals surface area contributed by atoms with E-state index in [0.717, 1.165) is 11.3 Å². The molecule has 0 aliphatic carbocycles. The van der Waals surface area contributed by atoms with Gasteiger partial charge >= 0.3 is 0 Å². The van der Waals surface area contributed by atoms with Crippen LogP contribution >= 0.6 is 11.8 Å². The van der Waals surface area contributed by atoms with Gasteiger partial charge in [-0.15, -0.1) is 0 Å². The van der Waals surface area contributed by atoms with Gasteiger partial charge in [0.05, 0.1) is 6.04 Å². The molecule has 92 valence electrons. The largest absolute Gasteiger partial charge is 0.293 e. The third kappa shape index (κ3) is 2.90. The van der Waals surface area contributed by atoms with Gasteiger partial charge in [-0.25, -0.2) is 0 Å². The van der Waals surface area contributed by atoms with Gasteiger partial charge in [-0.3, -0.25) is 9.69 Å². The molecule has 1 aliphatic heterocycles. The van der Waals surface area contributed by atoms with Crippen molar-refractivity contribution in [3.8, 4) is 0 Å². The number of nitrogens with zero attached hydrogens (tertiary/aromatic N) is 1. The van der Waals surface area contributed by atoms with E-state index in [4.69, 9.17) is 0 Å². The second kappa shape index (κ2) is 5.69. The maximum Gasteiger partial charge on any atom is 0.179 e. The Morgan fingerprint density at radius 2 is 2.12 bits per heavy atom. The van der Waals surface area contributed by atoms with Gasteiger partial charge in [-0.05, 0) is 26.1 Å². The lowest BCUT2D eigenvalue weighted by Gasteiger charge is -2.29. The van der Waals surface area contributed by atoms with E-state index in [-0.39, 0.29) is 11.8 Å². The number of hydrogen-bond acceptors (Lipinski definition) is 3. The number of rotatable bonds is 4. The summed E-state index contributed by atoms with van der Waals surface area (Å²) in [6.07, 6.45) is 1.20. The molecule has 0 radical (unpaired) electrons. The number of Topliss-reactive ketones (excluding diaryl/α,β-unsaturated/α-hetero) is 1. The lowest BCUT2D eigenvalue weighted by Crippen LogP contribution is -2.43. The summed E-state index contributed by atoms with van der Waals surface area (Å²) in [6, 6.07) is 10.1. The number of hydrogen-bond donors (Lipinski definition) is 0. The van der Waals surface area contributed by atoms with Crippen LogP contribution in [0.15, 0.2) is 30.3 Å².